The fourth-order valence-corrected chi connectivity index (χ4v) is 1.06. The molecule has 1 rings (SSSR count). The van der Waals surface area contributed by atoms with Crippen molar-refractivity contribution in [2.45, 2.75) is 13.8 Å². The van der Waals surface area contributed by atoms with Gasteiger partial charge in [0.2, 0.25) is 0 Å². The highest BCUT2D eigenvalue weighted by Crippen LogP contribution is 2.12. The fourth-order valence-electron chi connectivity index (χ4n) is 1.06. The lowest BCUT2D eigenvalue weighted by atomic mass is 10.2. The predicted molar refractivity (Wildman–Crippen MR) is 61.9 cm³/mol. The number of pyridine rings is 1. The van der Waals surface area contributed by atoms with Crippen LogP contribution in [0, 0.1) is 5.92 Å². The van der Waals surface area contributed by atoms with Crippen molar-refractivity contribution in [1.29, 1.82) is 0 Å². The van der Waals surface area contributed by atoms with E-state index in [1.165, 1.54) is 0 Å². The van der Waals surface area contributed by atoms with Crippen LogP contribution in [-0.4, -0.2) is 25.6 Å². The van der Waals surface area contributed by atoms with Gasteiger partial charge in [-0.05, 0) is 18.1 Å². The number of hydrogen-bond acceptors (Lipinski definition) is 3. The van der Waals surface area contributed by atoms with Crippen LogP contribution in [0.15, 0.2) is 18.3 Å². The second-order valence-corrected chi connectivity index (χ2v) is 4.07. The van der Waals surface area contributed by atoms with Gasteiger partial charge in [-0.1, -0.05) is 13.8 Å². The summed E-state index contributed by atoms with van der Waals surface area (Å²) in [6, 6.07) is 4.08. The summed E-state index contributed by atoms with van der Waals surface area (Å²) in [5.41, 5.74) is 1.13. The summed E-state index contributed by atoms with van der Waals surface area (Å²) in [6.07, 6.45) is 1.88. The van der Waals surface area contributed by atoms with Crippen LogP contribution >= 0.6 is 0 Å². The minimum Gasteiger partial charge on any atom is -0.376 e. The Balaban J connectivity index is 2.55. The molecule has 0 saturated heterocycles. The summed E-state index contributed by atoms with van der Waals surface area (Å²) in [5.74, 6) is 1.59. The molecule has 0 aromatic carbocycles. The lowest BCUT2D eigenvalue weighted by molar-refractivity contribution is 0.687. The first-order valence-corrected chi connectivity index (χ1v) is 4.97. The maximum atomic E-state index is 4.32. The molecule has 0 unspecified atom stereocenters. The van der Waals surface area contributed by atoms with Crippen molar-refractivity contribution < 1.29 is 0 Å². The maximum absolute atomic E-state index is 4.32. The average molecular weight is 193 g/mol. The smallest absolute Gasteiger partial charge is 0.126 e. The summed E-state index contributed by atoms with van der Waals surface area (Å²) >= 11 is 0. The van der Waals surface area contributed by atoms with Crippen molar-refractivity contribution in [1.82, 2.24) is 4.98 Å². The third-order valence-corrected chi connectivity index (χ3v) is 1.96. The second kappa shape index (κ2) is 4.84. The van der Waals surface area contributed by atoms with E-state index < -0.39 is 0 Å². The van der Waals surface area contributed by atoms with E-state index in [1.807, 2.05) is 31.3 Å². The molecule has 1 N–H and O–H groups in total. The van der Waals surface area contributed by atoms with E-state index in [-0.39, 0.29) is 0 Å². The van der Waals surface area contributed by atoms with Crippen molar-refractivity contribution in [3.63, 3.8) is 0 Å². The first kappa shape index (κ1) is 10.8. The monoisotopic (exact) mass is 193 g/mol. The lowest BCUT2D eigenvalue weighted by Crippen LogP contribution is -2.11. The molecule has 0 radical (unpaired) electrons. The van der Waals surface area contributed by atoms with Gasteiger partial charge >= 0.3 is 0 Å². The third-order valence-electron chi connectivity index (χ3n) is 1.96. The molecule has 0 amide bonds. The zero-order chi connectivity index (χ0) is 10.6. The standard InChI is InChI=1S/C11H19N3/c1-9(2)7-12-11-6-5-10(8-13-11)14(3)4/h5-6,8-9H,7H2,1-4H3,(H,12,13). The highest BCUT2D eigenvalue weighted by Gasteiger charge is 1.97. The Bertz CT molecular complexity index is 264. The van der Waals surface area contributed by atoms with E-state index in [4.69, 9.17) is 0 Å². The van der Waals surface area contributed by atoms with Crippen LogP contribution < -0.4 is 10.2 Å². The first-order valence-electron chi connectivity index (χ1n) is 4.97. The topological polar surface area (TPSA) is 28.2 Å². The van der Waals surface area contributed by atoms with Crippen LogP contribution in [0.5, 0.6) is 0 Å². The average Bonchev–Trinajstić information content (AvgIpc) is 2.15. The molecule has 0 aliphatic carbocycles. The molecule has 1 aromatic rings. The molecule has 0 spiro atoms. The normalized spacial score (nSPS) is 10.4. The summed E-state index contributed by atoms with van der Waals surface area (Å²) in [4.78, 5) is 6.36. The highest BCUT2D eigenvalue weighted by molar-refractivity contribution is 5.48. The van der Waals surface area contributed by atoms with Gasteiger partial charge in [-0.15, -0.1) is 0 Å². The third kappa shape index (κ3) is 3.24. The SMILES string of the molecule is CC(C)CNc1ccc(N(C)C)cn1. The van der Waals surface area contributed by atoms with Gasteiger partial charge in [0, 0.05) is 20.6 Å². The molecule has 0 saturated carbocycles. The number of hydrogen-bond donors (Lipinski definition) is 1. The molecule has 14 heavy (non-hydrogen) atoms. The summed E-state index contributed by atoms with van der Waals surface area (Å²) in [5, 5.41) is 3.28. The summed E-state index contributed by atoms with van der Waals surface area (Å²) in [7, 11) is 4.02. The van der Waals surface area contributed by atoms with Gasteiger partial charge in [0.25, 0.3) is 0 Å². The van der Waals surface area contributed by atoms with Crippen molar-refractivity contribution in [3.05, 3.63) is 18.3 Å². The minimum atomic E-state index is 0.644. The van der Waals surface area contributed by atoms with Crippen LogP contribution in [-0.2, 0) is 0 Å². The molecular weight excluding hydrogens is 174 g/mol. The Morgan fingerprint density at radius 3 is 2.50 bits per heavy atom. The van der Waals surface area contributed by atoms with E-state index in [0.29, 0.717) is 5.92 Å². The molecule has 78 valence electrons. The first-order chi connectivity index (χ1) is 6.59. The Labute approximate surface area is 86.2 Å². The molecule has 0 aliphatic heterocycles. The predicted octanol–water partition coefficient (Wildman–Crippen LogP) is 2.22. The Morgan fingerprint density at radius 2 is 2.07 bits per heavy atom. The van der Waals surface area contributed by atoms with Gasteiger partial charge < -0.3 is 10.2 Å². The van der Waals surface area contributed by atoms with Crippen LogP contribution in [0.2, 0.25) is 0 Å². The van der Waals surface area contributed by atoms with Crippen LogP contribution in [0.1, 0.15) is 13.8 Å². The van der Waals surface area contributed by atoms with E-state index in [2.05, 4.69) is 30.2 Å². The largest absolute Gasteiger partial charge is 0.376 e. The van der Waals surface area contributed by atoms with Crippen LogP contribution in [0.3, 0.4) is 0 Å². The van der Waals surface area contributed by atoms with Crippen molar-refractivity contribution in [3.8, 4) is 0 Å². The Kier molecular flexibility index (Phi) is 3.74. The number of anilines is 2. The van der Waals surface area contributed by atoms with Gasteiger partial charge in [-0.25, -0.2) is 4.98 Å². The van der Waals surface area contributed by atoms with Gasteiger partial charge in [-0.2, -0.15) is 0 Å². The van der Waals surface area contributed by atoms with Crippen LogP contribution in [0.4, 0.5) is 11.5 Å². The molecule has 3 heteroatoms. The van der Waals surface area contributed by atoms with Gasteiger partial charge in [0.05, 0.1) is 11.9 Å². The Morgan fingerprint density at radius 1 is 1.36 bits per heavy atom. The lowest BCUT2D eigenvalue weighted by Gasteiger charge is -2.13. The zero-order valence-electron chi connectivity index (χ0n) is 9.41. The second-order valence-electron chi connectivity index (χ2n) is 4.07. The van der Waals surface area contributed by atoms with E-state index in [9.17, 15) is 0 Å². The molecule has 0 aliphatic rings. The van der Waals surface area contributed by atoms with Crippen molar-refractivity contribution >= 4 is 11.5 Å². The zero-order valence-corrected chi connectivity index (χ0v) is 9.41. The molecule has 0 atom stereocenters. The molecule has 3 nitrogen and oxygen atoms in total. The van der Waals surface area contributed by atoms with E-state index in [1.54, 1.807) is 0 Å². The number of rotatable bonds is 4. The maximum Gasteiger partial charge on any atom is 0.126 e. The van der Waals surface area contributed by atoms with Gasteiger partial charge in [0.15, 0.2) is 0 Å². The highest BCUT2D eigenvalue weighted by atomic mass is 15.1. The fraction of sp³-hybridized carbons (Fsp3) is 0.545. The van der Waals surface area contributed by atoms with E-state index in [0.717, 1.165) is 18.1 Å². The number of aromatic nitrogens is 1. The van der Waals surface area contributed by atoms with Crippen molar-refractivity contribution in [2.24, 2.45) is 5.92 Å². The number of nitrogens with zero attached hydrogens (tertiary/aromatic N) is 2. The molecule has 1 aromatic heterocycles. The van der Waals surface area contributed by atoms with Gasteiger partial charge in [-0.3, -0.25) is 0 Å². The van der Waals surface area contributed by atoms with E-state index >= 15 is 0 Å². The van der Waals surface area contributed by atoms with Crippen molar-refractivity contribution in [2.75, 3.05) is 30.9 Å². The molecule has 0 fully saturated rings. The Hall–Kier alpha value is -1.25. The molecular formula is C11H19N3. The summed E-state index contributed by atoms with van der Waals surface area (Å²) < 4.78 is 0. The number of nitrogens with one attached hydrogen (secondary N) is 1. The quantitative estimate of drug-likeness (QED) is 0.794. The van der Waals surface area contributed by atoms with Crippen LogP contribution in [0.25, 0.3) is 0 Å². The van der Waals surface area contributed by atoms with Gasteiger partial charge in [0.1, 0.15) is 5.82 Å². The minimum absolute atomic E-state index is 0.644. The molecule has 0 bridgehead atoms. The molecule has 1 heterocycles. The summed E-state index contributed by atoms with van der Waals surface area (Å²) in [6.45, 7) is 5.33.